The summed E-state index contributed by atoms with van der Waals surface area (Å²) >= 11 is 0. The van der Waals surface area contributed by atoms with Crippen LogP contribution < -0.4 is 15.5 Å². The number of anilines is 1. The Morgan fingerprint density at radius 2 is 1.74 bits per heavy atom. The maximum atomic E-state index is 13.4. The predicted molar refractivity (Wildman–Crippen MR) is 114 cm³/mol. The van der Waals surface area contributed by atoms with Crippen LogP contribution in [-0.2, 0) is 4.74 Å². The van der Waals surface area contributed by atoms with Gasteiger partial charge in [0.2, 0.25) is 0 Å². The first-order chi connectivity index (χ1) is 15.0. The minimum atomic E-state index is -0.780. The smallest absolute Gasteiger partial charge is 0.253 e. The number of hydrogen-bond acceptors (Lipinski definition) is 4. The number of benzene rings is 2. The zero-order valence-corrected chi connectivity index (χ0v) is 17.5. The van der Waals surface area contributed by atoms with Crippen LogP contribution in [-0.4, -0.2) is 51.2 Å². The van der Waals surface area contributed by atoms with Gasteiger partial charge in [0.15, 0.2) is 0 Å². The van der Waals surface area contributed by atoms with Crippen molar-refractivity contribution in [3.8, 4) is 0 Å². The van der Waals surface area contributed by atoms with Gasteiger partial charge in [-0.25, -0.2) is 8.78 Å². The van der Waals surface area contributed by atoms with E-state index in [1.54, 1.807) is 13.2 Å². The van der Waals surface area contributed by atoms with Crippen LogP contribution in [0.4, 0.5) is 14.5 Å². The molecule has 0 aliphatic carbocycles. The van der Waals surface area contributed by atoms with Gasteiger partial charge in [0.05, 0.1) is 5.56 Å². The lowest BCUT2D eigenvalue weighted by Gasteiger charge is -2.35. The lowest BCUT2D eigenvalue weighted by molar-refractivity contribution is 0.0928. The summed E-state index contributed by atoms with van der Waals surface area (Å²) in [6.07, 6.45) is 2.06. The Hall–Kier alpha value is -3.00. The molecule has 8 heteroatoms. The molecule has 2 aromatic rings. The van der Waals surface area contributed by atoms with Crippen LogP contribution in [0.25, 0.3) is 0 Å². The Balaban J connectivity index is 1.57. The van der Waals surface area contributed by atoms with Crippen LogP contribution in [0, 0.1) is 11.6 Å². The van der Waals surface area contributed by atoms with Crippen molar-refractivity contribution >= 4 is 17.5 Å². The number of carbonyl (C=O) groups is 2. The van der Waals surface area contributed by atoms with Crippen molar-refractivity contribution in [1.82, 2.24) is 10.6 Å². The highest BCUT2D eigenvalue weighted by molar-refractivity contribution is 5.99. The molecule has 0 bridgehead atoms. The van der Waals surface area contributed by atoms with E-state index in [1.807, 2.05) is 18.2 Å². The zero-order chi connectivity index (χ0) is 22.2. The van der Waals surface area contributed by atoms with Crippen molar-refractivity contribution in [3.63, 3.8) is 0 Å². The van der Waals surface area contributed by atoms with Crippen LogP contribution in [0.1, 0.15) is 40.0 Å². The monoisotopic (exact) mass is 431 g/mol. The fourth-order valence-corrected chi connectivity index (χ4v) is 3.67. The van der Waals surface area contributed by atoms with E-state index in [0.29, 0.717) is 44.6 Å². The molecule has 2 amide bonds. The molecule has 0 spiro atoms. The first-order valence-corrected chi connectivity index (χ1v) is 10.4. The molecule has 1 saturated heterocycles. The molecule has 1 heterocycles. The maximum absolute atomic E-state index is 13.4. The summed E-state index contributed by atoms with van der Waals surface area (Å²) in [5, 5.41) is 5.76. The van der Waals surface area contributed by atoms with Crippen molar-refractivity contribution < 1.29 is 23.1 Å². The highest BCUT2D eigenvalue weighted by Gasteiger charge is 2.24. The predicted octanol–water partition coefficient (Wildman–Crippen LogP) is 3.13. The summed E-state index contributed by atoms with van der Waals surface area (Å²) in [6.45, 7) is 2.42. The number of nitrogens with zero attached hydrogens (tertiary/aromatic N) is 1. The topological polar surface area (TPSA) is 70.7 Å². The molecule has 0 unspecified atom stereocenters. The summed E-state index contributed by atoms with van der Waals surface area (Å²) in [6, 6.07) is 10.1. The van der Waals surface area contributed by atoms with Gasteiger partial charge >= 0.3 is 0 Å². The number of amides is 2. The van der Waals surface area contributed by atoms with Crippen LogP contribution in [0.2, 0.25) is 0 Å². The van der Waals surface area contributed by atoms with Gasteiger partial charge in [-0.05, 0) is 43.5 Å². The maximum Gasteiger partial charge on any atom is 0.253 e. The second-order valence-corrected chi connectivity index (χ2v) is 7.51. The molecule has 1 fully saturated rings. The van der Waals surface area contributed by atoms with Crippen molar-refractivity contribution in [2.75, 3.05) is 38.3 Å². The second kappa shape index (κ2) is 10.9. The fourth-order valence-electron chi connectivity index (χ4n) is 3.67. The van der Waals surface area contributed by atoms with E-state index in [-0.39, 0.29) is 17.5 Å². The number of nitrogens with one attached hydrogen (secondary N) is 2. The average Bonchev–Trinajstić information content (AvgIpc) is 2.76. The summed E-state index contributed by atoms with van der Waals surface area (Å²) in [4.78, 5) is 27.1. The molecule has 3 rings (SSSR count). The van der Waals surface area contributed by atoms with Crippen LogP contribution >= 0.6 is 0 Å². The van der Waals surface area contributed by atoms with Crippen molar-refractivity contribution in [2.24, 2.45) is 0 Å². The highest BCUT2D eigenvalue weighted by atomic mass is 19.1. The Labute approximate surface area is 180 Å². The van der Waals surface area contributed by atoms with Gasteiger partial charge < -0.3 is 20.3 Å². The van der Waals surface area contributed by atoms with E-state index in [1.165, 1.54) is 0 Å². The SMILES string of the molecule is COCCCNC(=O)c1ccccc1N1CCC(NC(=O)c2cc(F)cc(F)c2)CC1. The molecule has 2 N–H and O–H groups in total. The quantitative estimate of drug-likeness (QED) is 0.630. The summed E-state index contributed by atoms with van der Waals surface area (Å²) in [7, 11) is 1.62. The number of rotatable bonds is 8. The first kappa shape index (κ1) is 22.7. The van der Waals surface area contributed by atoms with Gasteiger partial charge in [-0.1, -0.05) is 12.1 Å². The molecule has 166 valence electrons. The second-order valence-electron chi connectivity index (χ2n) is 7.51. The lowest BCUT2D eigenvalue weighted by Crippen LogP contribution is -2.45. The molecule has 0 radical (unpaired) electrons. The summed E-state index contributed by atoms with van der Waals surface area (Å²) < 4.78 is 31.7. The number of hydrogen-bond donors (Lipinski definition) is 2. The third-order valence-electron chi connectivity index (χ3n) is 5.26. The zero-order valence-electron chi connectivity index (χ0n) is 17.5. The Morgan fingerprint density at radius 1 is 1.06 bits per heavy atom. The largest absolute Gasteiger partial charge is 0.385 e. The van der Waals surface area contributed by atoms with Gasteiger partial charge in [0.25, 0.3) is 11.8 Å². The van der Waals surface area contributed by atoms with Crippen LogP contribution in [0.15, 0.2) is 42.5 Å². The number of para-hydroxylation sites is 1. The number of halogens is 2. The van der Waals surface area contributed by atoms with Gasteiger partial charge in [-0.2, -0.15) is 0 Å². The van der Waals surface area contributed by atoms with E-state index < -0.39 is 17.5 Å². The van der Waals surface area contributed by atoms with E-state index in [0.717, 1.165) is 30.3 Å². The number of ether oxygens (including phenoxy) is 1. The number of methoxy groups -OCH3 is 1. The minimum absolute atomic E-state index is 0.0320. The molecule has 0 saturated carbocycles. The minimum Gasteiger partial charge on any atom is -0.385 e. The van der Waals surface area contributed by atoms with Gasteiger partial charge in [-0.3, -0.25) is 9.59 Å². The molecule has 1 aliphatic heterocycles. The van der Waals surface area contributed by atoms with Gasteiger partial charge in [0.1, 0.15) is 11.6 Å². The average molecular weight is 431 g/mol. The molecule has 0 aromatic heterocycles. The van der Waals surface area contributed by atoms with Crippen molar-refractivity contribution in [2.45, 2.75) is 25.3 Å². The van der Waals surface area contributed by atoms with Crippen molar-refractivity contribution in [1.29, 1.82) is 0 Å². The first-order valence-electron chi connectivity index (χ1n) is 10.4. The third kappa shape index (κ3) is 6.24. The Morgan fingerprint density at radius 3 is 2.42 bits per heavy atom. The Bertz CT molecular complexity index is 894. The summed E-state index contributed by atoms with van der Waals surface area (Å²) in [5.74, 6) is -2.18. The van der Waals surface area contributed by atoms with Gasteiger partial charge in [-0.15, -0.1) is 0 Å². The van der Waals surface area contributed by atoms with Crippen LogP contribution in [0.5, 0.6) is 0 Å². The highest BCUT2D eigenvalue weighted by Crippen LogP contribution is 2.24. The van der Waals surface area contributed by atoms with Gasteiger partial charge in [0, 0.05) is 56.7 Å². The normalized spacial score (nSPS) is 14.4. The third-order valence-corrected chi connectivity index (χ3v) is 5.26. The van der Waals surface area contributed by atoms with Crippen LogP contribution in [0.3, 0.4) is 0 Å². The Kier molecular flexibility index (Phi) is 7.94. The standard InChI is InChI=1S/C23H27F2N3O3/c1-31-12-4-9-26-23(30)20-5-2-3-6-21(20)28-10-7-19(8-11-28)27-22(29)16-13-17(24)15-18(25)14-16/h2-3,5-6,13-15,19H,4,7-12H2,1H3,(H,26,30)(H,27,29). The molecule has 2 aromatic carbocycles. The fraction of sp³-hybridized carbons (Fsp3) is 0.391. The van der Waals surface area contributed by atoms with Crippen molar-refractivity contribution in [3.05, 3.63) is 65.2 Å². The number of piperidine rings is 1. The number of carbonyl (C=O) groups excluding carboxylic acids is 2. The van der Waals surface area contributed by atoms with E-state index in [4.69, 9.17) is 4.74 Å². The molecule has 31 heavy (non-hydrogen) atoms. The van der Waals surface area contributed by atoms with E-state index in [9.17, 15) is 18.4 Å². The molecule has 1 aliphatic rings. The summed E-state index contributed by atoms with van der Waals surface area (Å²) in [5.41, 5.74) is 1.43. The van der Waals surface area contributed by atoms with E-state index >= 15 is 0 Å². The molecular weight excluding hydrogens is 404 g/mol. The van der Waals surface area contributed by atoms with E-state index in [2.05, 4.69) is 15.5 Å². The molecule has 6 nitrogen and oxygen atoms in total. The lowest BCUT2D eigenvalue weighted by atomic mass is 10.0. The molecule has 0 atom stereocenters. The molecular formula is C23H27F2N3O3.